The Kier molecular flexibility index (Phi) is 7.43. The van der Waals surface area contributed by atoms with E-state index in [2.05, 4.69) is 5.32 Å². The lowest BCUT2D eigenvalue weighted by Crippen LogP contribution is -2.31. The molecule has 2 amide bonds. The van der Waals surface area contributed by atoms with Gasteiger partial charge in [-0.3, -0.25) is 14.9 Å². The number of amides is 2. The number of aliphatic hydroxyl groups is 1. The van der Waals surface area contributed by atoms with E-state index < -0.39 is 11.8 Å². The minimum absolute atomic E-state index is 0.00824. The maximum Gasteiger partial charge on any atom is 0.255 e. The second kappa shape index (κ2) is 8.84. The largest absolute Gasteiger partial charge is 0.394 e. The molecule has 1 rings (SSSR count). The third kappa shape index (κ3) is 5.81. The van der Waals surface area contributed by atoms with Gasteiger partial charge in [0.2, 0.25) is 5.91 Å². The van der Waals surface area contributed by atoms with Crippen molar-refractivity contribution in [3.63, 3.8) is 0 Å². The highest BCUT2D eigenvalue weighted by Gasteiger charge is 2.24. The predicted octanol–water partition coefficient (Wildman–Crippen LogP) is 0.542. The van der Waals surface area contributed by atoms with Gasteiger partial charge in [0.25, 0.3) is 5.91 Å². The van der Waals surface area contributed by atoms with Gasteiger partial charge in [0.15, 0.2) is 0 Å². The lowest BCUT2D eigenvalue weighted by Gasteiger charge is -2.11. The highest BCUT2D eigenvalue weighted by Crippen LogP contribution is 2.22. The van der Waals surface area contributed by atoms with E-state index in [1.165, 1.54) is 6.92 Å². The number of imide groups is 1. The quantitative estimate of drug-likeness (QED) is 0.667. The van der Waals surface area contributed by atoms with Crippen molar-refractivity contribution in [2.24, 2.45) is 0 Å². The third-order valence-corrected chi connectivity index (χ3v) is 3.07. The second-order valence-corrected chi connectivity index (χ2v) is 4.75. The van der Waals surface area contributed by atoms with Gasteiger partial charge in [-0.05, 0) is 26.2 Å². The van der Waals surface area contributed by atoms with Crippen LogP contribution in [0.4, 0.5) is 0 Å². The first-order valence-corrected chi connectivity index (χ1v) is 6.91. The maximum absolute atomic E-state index is 11.8. The van der Waals surface area contributed by atoms with Crippen LogP contribution in [-0.4, -0.2) is 48.9 Å². The van der Waals surface area contributed by atoms with Crippen LogP contribution in [0.5, 0.6) is 0 Å². The van der Waals surface area contributed by atoms with Gasteiger partial charge in [0, 0.05) is 19.1 Å². The SMILES string of the molecule is CCOC/C(=C/CC1CCC(CO)O1)C(=O)NC(C)=O. The van der Waals surface area contributed by atoms with Gasteiger partial charge in [-0.25, -0.2) is 0 Å². The zero-order valence-corrected chi connectivity index (χ0v) is 12.1. The Labute approximate surface area is 119 Å². The van der Waals surface area contributed by atoms with E-state index >= 15 is 0 Å². The summed E-state index contributed by atoms with van der Waals surface area (Å²) in [6, 6.07) is 0. The summed E-state index contributed by atoms with van der Waals surface area (Å²) in [5.74, 6) is -0.822. The Bertz CT molecular complexity index is 367. The number of aliphatic hydroxyl groups excluding tert-OH is 1. The summed E-state index contributed by atoms with van der Waals surface area (Å²) in [5.41, 5.74) is 0.429. The second-order valence-electron chi connectivity index (χ2n) is 4.75. The maximum atomic E-state index is 11.8. The molecule has 0 radical (unpaired) electrons. The highest BCUT2D eigenvalue weighted by atomic mass is 16.5. The molecule has 0 aliphatic carbocycles. The van der Waals surface area contributed by atoms with Gasteiger partial charge in [0.05, 0.1) is 25.4 Å². The molecule has 2 N–H and O–H groups in total. The average molecular weight is 285 g/mol. The first kappa shape index (κ1) is 16.8. The molecule has 1 aliphatic heterocycles. The van der Waals surface area contributed by atoms with Crippen LogP contribution in [0, 0.1) is 0 Å². The molecule has 20 heavy (non-hydrogen) atoms. The smallest absolute Gasteiger partial charge is 0.255 e. The van der Waals surface area contributed by atoms with E-state index in [1.54, 1.807) is 6.08 Å². The van der Waals surface area contributed by atoms with Crippen LogP contribution in [0.25, 0.3) is 0 Å². The van der Waals surface area contributed by atoms with Crippen LogP contribution < -0.4 is 5.32 Å². The molecule has 114 valence electrons. The number of nitrogens with one attached hydrogen (secondary N) is 1. The molecule has 1 fully saturated rings. The Balaban J connectivity index is 2.55. The number of carbonyl (C=O) groups excluding carboxylic acids is 2. The Morgan fingerprint density at radius 2 is 2.10 bits per heavy atom. The Morgan fingerprint density at radius 3 is 2.65 bits per heavy atom. The molecule has 6 nitrogen and oxygen atoms in total. The minimum atomic E-state index is -0.428. The average Bonchev–Trinajstić information content (AvgIpc) is 2.86. The summed E-state index contributed by atoms with van der Waals surface area (Å²) < 4.78 is 10.8. The number of hydrogen-bond acceptors (Lipinski definition) is 5. The summed E-state index contributed by atoms with van der Waals surface area (Å²) in [5, 5.41) is 11.2. The van der Waals surface area contributed by atoms with E-state index in [9.17, 15) is 9.59 Å². The van der Waals surface area contributed by atoms with Crippen LogP contribution in [0.1, 0.15) is 33.1 Å². The lowest BCUT2D eigenvalue weighted by molar-refractivity contribution is -0.127. The standard InChI is InChI=1S/C14H23NO5/c1-3-19-9-11(14(18)15-10(2)17)4-5-12-6-7-13(8-16)20-12/h4,12-13,16H,3,5-9H2,1-2H3,(H,15,17,18)/b11-4-. The van der Waals surface area contributed by atoms with Gasteiger partial charge in [-0.1, -0.05) is 6.08 Å². The van der Waals surface area contributed by atoms with Crippen LogP contribution >= 0.6 is 0 Å². The highest BCUT2D eigenvalue weighted by molar-refractivity contribution is 6.03. The van der Waals surface area contributed by atoms with E-state index in [4.69, 9.17) is 14.6 Å². The molecule has 0 aromatic carbocycles. The van der Waals surface area contributed by atoms with Crippen molar-refractivity contribution in [3.05, 3.63) is 11.6 Å². The molecule has 1 saturated heterocycles. The van der Waals surface area contributed by atoms with Crippen LogP contribution in [0.2, 0.25) is 0 Å². The number of rotatable bonds is 7. The first-order valence-electron chi connectivity index (χ1n) is 6.91. The van der Waals surface area contributed by atoms with Gasteiger partial charge in [-0.15, -0.1) is 0 Å². The number of carbonyl (C=O) groups is 2. The topological polar surface area (TPSA) is 84.9 Å². The van der Waals surface area contributed by atoms with Crippen LogP contribution in [0.15, 0.2) is 11.6 Å². The number of ether oxygens (including phenoxy) is 2. The zero-order valence-electron chi connectivity index (χ0n) is 12.1. The van der Waals surface area contributed by atoms with Crippen molar-refractivity contribution in [2.45, 2.75) is 45.3 Å². The summed E-state index contributed by atoms with van der Waals surface area (Å²) in [6.07, 6.45) is 3.92. The van der Waals surface area contributed by atoms with Crippen LogP contribution in [-0.2, 0) is 19.1 Å². The van der Waals surface area contributed by atoms with Gasteiger partial charge >= 0.3 is 0 Å². The van der Waals surface area contributed by atoms with Gasteiger partial charge in [0.1, 0.15) is 0 Å². The first-order chi connectivity index (χ1) is 9.56. The lowest BCUT2D eigenvalue weighted by atomic mass is 10.1. The van der Waals surface area contributed by atoms with Crippen molar-refractivity contribution >= 4 is 11.8 Å². The van der Waals surface area contributed by atoms with Crippen molar-refractivity contribution < 1.29 is 24.2 Å². The monoisotopic (exact) mass is 285 g/mol. The van der Waals surface area contributed by atoms with Gasteiger partial charge < -0.3 is 14.6 Å². The molecular formula is C14H23NO5. The summed E-state index contributed by atoms with van der Waals surface area (Å²) >= 11 is 0. The Morgan fingerprint density at radius 1 is 1.40 bits per heavy atom. The molecule has 1 heterocycles. The van der Waals surface area contributed by atoms with Crippen molar-refractivity contribution in [1.82, 2.24) is 5.32 Å². The van der Waals surface area contributed by atoms with E-state index in [0.717, 1.165) is 12.8 Å². The molecular weight excluding hydrogens is 262 g/mol. The van der Waals surface area contributed by atoms with Gasteiger partial charge in [-0.2, -0.15) is 0 Å². The normalized spacial score (nSPS) is 22.9. The molecule has 0 aromatic rings. The molecule has 0 saturated carbocycles. The van der Waals surface area contributed by atoms with Crippen LogP contribution in [0.3, 0.4) is 0 Å². The summed E-state index contributed by atoms with van der Waals surface area (Å²) in [4.78, 5) is 22.7. The molecule has 0 bridgehead atoms. The van der Waals surface area contributed by atoms with E-state index in [1.807, 2.05) is 6.92 Å². The summed E-state index contributed by atoms with van der Waals surface area (Å²) in [7, 11) is 0. The zero-order chi connectivity index (χ0) is 15.0. The Hall–Kier alpha value is -1.24. The number of hydrogen-bond donors (Lipinski definition) is 2. The molecule has 6 heteroatoms. The van der Waals surface area contributed by atoms with Crippen molar-refractivity contribution in [3.8, 4) is 0 Å². The fourth-order valence-corrected chi connectivity index (χ4v) is 2.03. The molecule has 2 unspecified atom stereocenters. The third-order valence-electron chi connectivity index (χ3n) is 3.07. The van der Waals surface area contributed by atoms with Crippen molar-refractivity contribution in [2.75, 3.05) is 19.8 Å². The van der Waals surface area contributed by atoms with E-state index in [-0.39, 0.29) is 25.4 Å². The fraction of sp³-hybridized carbons (Fsp3) is 0.714. The molecule has 0 aromatic heterocycles. The molecule has 2 atom stereocenters. The minimum Gasteiger partial charge on any atom is -0.394 e. The van der Waals surface area contributed by atoms with Crippen molar-refractivity contribution in [1.29, 1.82) is 0 Å². The van der Waals surface area contributed by atoms with E-state index in [0.29, 0.717) is 18.6 Å². The fourth-order valence-electron chi connectivity index (χ4n) is 2.03. The summed E-state index contributed by atoms with van der Waals surface area (Å²) in [6.45, 7) is 3.83. The molecule has 1 aliphatic rings. The molecule has 0 spiro atoms. The predicted molar refractivity (Wildman–Crippen MR) is 73.0 cm³/mol.